The molecule has 0 saturated heterocycles. The van der Waals surface area contributed by atoms with Gasteiger partial charge in [0, 0.05) is 28.2 Å². The summed E-state index contributed by atoms with van der Waals surface area (Å²) in [6.07, 6.45) is -1.46. The second-order valence-corrected chi connectivity index (χ2v) is 5.79. The molecule has 112 valence electrons. The van der Waals surface area contributed by atoms with Crippen LogP contribution in [0.5, 0.6) is 0 Å². The van der Waals surface area contributed by atoms with Gasteiger partial charge in [-0.3, -0.25) is 4.79 Å². The summed E-state index contributed by atoms with van der Waals surface area (Å²) in [6, 6.07) is 12.2. The van der Waals surface area contributed by atoms with Crippen LogP contribution in [0.2, 0.25) is 10.0 Å². The summed E-state index contributed by atoms with van der Waals surface area (Å²) in [6.45, 7) is 0. The molecule has 0 aromatic heterocycles. The molecule has 0 aliphatic carbocycles. The van der Waals surface area contributed by atoms with E-state index in [2.05, 4.69) is 4.99 Å². The molecule has 0 saturated carbocycles. The highest BCUT2D eigenvalue weighted by Gasteiger charge is 2.28. The maximum absolute atomic E-state index is 12.1. The number of hydrogen-bond donors (Lipinski definition) is 1. The SMILES string of the molecule is CN1C(=O)C(O)N=C(c2ccc(Cl)cc2)c2cc(Cl)ccc21. The van der Waals surface area contributed by atoms with Gasteiger partial charge in [0.25, 0.3) is 5.91 Å². The van der Waals surface area contributed by atoms with Crippen molar-refractivity contribution in [3.05, 3.63) is 63.6 Å². The van der Waals surface area contributed by atoms with E-state index in [-0.39, 0.29) is 0 Å². The fraction of sp³-hybridized carbons (Fsp3) is 0.125. The number of aliphatic hydroxyl groups excluding tert-OH is 1. The number of amides is 1. The van der Waals surface area contributed by atoms with Gasteiger partial charge in [0.05, 0.1) is 11.4 Å². The Kier molecular flexibility index (Phi) is 3.91. The molecule has 1 heterocycles. The minimum Gasteiger partial charge on any atom is -0.364 e. The second-order valence-electron chi connectivity index (χ2n) is 4.92. The van der Waals surface area contributed by atoms with E-state index in [9.17, 15) is 9.90 Å². The Hall–Kier alpha value is -1.88. The second kappa shape index (κ2) is 5.72. The molecule has 2 aromatic carbocycles. The van der Waals surface area contributed by atoms with Crippen LogP contribution < -0.4 is 4.90 Å². The number of hydrogen-bond acceptors (Lipinski definition) is 3. The molecular weight excluding hydrogens is 323 g/mol. The molecule has 1 amide bonds. The fourth-order valence-electron chi connectivity index (χ4n) is 2.37. The van der Waals surface area contributed by atoms with Gasteiger partial charge in [-0.1, -0.05) is 35.3 Å². The van der Waals surface area contributed by atoms with Crippen molar-refractivity contribution >= 4 is 40.5 Å². The first-order valence-electron chi connectivity index (χ1n) is 6.56. The quantitative estimate of drug-likeness (QED) is 0.871. The van der Waals surface area contributed by atoms with Crippen LogP contribution in [-0.4, -0.2) is 30.0 Å². The highest BCUT2D eigenvalue weighted by Crippen LogP contribution is 2.30. The number of benzene rings is 2. The highest BCUT2D eigenvalue weighted by molar-refractivity contribution is 6.32. The first-order valence-corrected chi connectivity index (χ1v) is 7.32. The maximum atomic E-state index is 12.1. The third-order valence-corrected chi connectivity index (χ3v) is 3.98. The Balaban J connectivity index is 2.25. The smallest absolute Gasteiger partial charge is 0.278 e. The zero-order chi connectivity index (χ0) is 15.9. The Morgan fingerprint density at radius 2 is 1.73 bits per heavy atom. The zero-order valence-electron chi connectivity index (χ0n) is 11.6. The lowest BCUT2D eigenvalue weighted by Gasteiger charge is -2.18. The average Bonchev–Trinajstić information content (AvgIpc) is 2.59. The van der Waals surface area contributed by atoms with Crippen molar-refractivity contribution in [2.75, 3.05) is 11.9 Å². The maximum Gasteiger partial charge on any atom is 0.278 e. The predicted octanol–water partition coefficient (Wildman–Crippen LogP) is 3.13. The van der Waals surface area contributed by atoms with E-state index < -0.39 is 12.1 Å². The number of aliphatic imine (C=N–C) groups is 1. The molecule has 0 spiro atoms. The molecule has 1 atom stereocenters. The Bertz CT molecular complexity index is 772. The van der Waals surface area contributed by atoms with Crippen LogP contribution in [-0.2, 0) is 4.79 Å². The minimum absolute atomic E-state index is 0.493. The van der Waals surface area contributed by atoms with E-state index >= 15 is 0 Å². The van der Waals surface area contributed by atoms with Crippen LogP contribution in [0.15, 0.2) is 47.5 Å². The third-order valence-electron chi connectivity index (χ3n) is 3.50. The summed E-state index contributed by atoms with van der Waals surface area (Å²) in [5.41, 5.74) is 2.57. The molecule has 1 aliphatic rings. The van der Waals surface area contributed by atoms with Gasteiger partial charge in [0.15, 0.2) is 0 Å². The molecule has 6 heteroatoms. The number of carbonyl (C=O) groups excluding carboxylic acids is 1. The van der Waals surface area contributed by atoms with E-state index in [1.807, 2.05) is 0 Å². The van der Waals surface area contributed by atoms with Crippen molar-refractivity contribution < 1.29 is 9.90 Å². The summed E-state index contributed by atoms with van der Waals surface area (Å²) in [7, 11) is 1.60. The normalized spacial score (nSPS) is 17.8. The molecule has 4 nitrogen and oxygen atoms in total. The van der Waals surface area contributed by atoms with Crippen molar-refractivity contribution in [2.45, 2.75) is 6.23 Å². The number of carbonyl (C=O) groups is 1. The molecule has 2 aromatic rings. The van der Waals surface area contributed by atoms with Crippen molar-refractivity contribution in [3.63, 3.8) is 0 Å². The van der Waals surface area contributed by atoms with E-state index in [0.29, 0.717) is 27.0 Å². The van der Waals surface area contributed by atoms with Gasteiger partial charge in [-0.05, 0) is 30.3 Å². The third kappa shape index (κ3) is 2.61. The van der Waals surface area contributed by atoms with Gasteiger partial charge in [0.1, 0.15) is 0 Å². The summed E-state index contributed by atoms with van der Waals surface area (Å²) in [5, 5.41) is 11.1. The lowest BCUT2D eigenvalue weighted by Crippen LogP contribution is -2.34. The number of anilines is 1. The molecule has 0 bridgehead atoms. The van der Waals surface area contributed by atoms with Gasteiger partial charge in [-0.15, -0.1) is 0 Å². The summed E-state index contributed by atoms with van der Waals surface area (Å²) in [4.78, 5) is 17.7. The van der Waals surface area contributed by atoms with Crippen LogP contribution in [0.4, 0.5) is 5.69 Å². The molecule has 1 unspecified atom stereocenters. The molecular formula is C16H12Cl2N2O2. The van der Waals surface area contributed by atoms with Crippen molar-refractivity contribution in [1.29, 1.82) is 0 Å². The monoisotopic (exact) mass is 334 g/mol. The van der Waals surface area contributed by atoms with E-state index in [1.54, 1.807) is 49.5 Å². The number of halogens is 2. The van der Waals surface area contributed by atoms with Crippen LogP contribution in [0.3, 0.4) is 0 Å². The minimum atomic E-state index is -1.46. The topological polar surface area (TPSA) is 52.9 Å². The lowest BCUT2D eigenvalue weighted by atomic mass is 10.0. The first-order chi connectivity index (χ1) is 10.5. The molecule has 1 N–H and O–H groups in total. The molecule has 0 fully saturated rings. The van der Waals surface area contributed by atoms with Gasteiger partial charge < -0.3 is 10.0 Å². The Labute approximate surface area is 137 Å². The molecule has 3 rings (SSSR count). The van der Waals surface area contributed by atoms with Gasteiger partial charge in [-0.25, -0.2) is 4.99 Å². The predicted molar refractivity (Wildman–Crippen MR) is 88.0 cm³/mol. The zero-order valence-corrected chi connectivity index (χ0v) is 13.1. The molecule has 1 aliphatic heterocycles. The van der Waals surface area contributed by atoms with Gasteiger partial charge >= 0.3 is 0 Å². The van der Waals surface area contributed by atoms with Gasteiger partial charge in [0.2, 0.25) is 6.23 Å². The first kappa shape index (κ1) is 15.0. The van der Waals surface area contributed by atoms with Gasteiger partial charge in [-0.2, -0.15) is 0 Å². The lowest BCUT2D eigenvalue weighted by molar-refractivity contribution is -0.125. The number of nitrogens with zero attached hydrogens (tertiary/aromatic N) is 2. The van der Waals surface area contributed by atoms with Crippen LogP contribution in [0, 0.1) is 0 Å². The highest BCUT2D eigenvalue weighted by atomic mass is 35.5. The number of aliphatic hydroxyl groups is 1. The molecule has 22 heavy (non-hydrogen) atoms. The van der Waals surface area contributed by atoms with Crippen LogP contribution in [0.25, 0.3) is 0 Å². The number of likely N-dealkylation sites (N-methyl/N-ethyl adjacent to an activating group) is 1. The summed E-state index contributed by atoms with van der Waals surface area (Å²) in [5.74, 6) is -0.493. The summed E-state index contributed by atoms with van der Waals surface area (Å²) < 4.78 is 0. The van der Waals surface area contributed by atoms with Crippen molar-refractivity contribution in [3.8, 4) is 0 Å². The van der Waals surface area contributed by atoms with Crippen molar-refractivity contribution in [2.24, 2.45) is 4.99 Å². The fourth-order valence-corrected chi connectivity index (χ4v) is 2.67. The number of benzodiazepines with no additional fused rings is 1. The molecule has 0 radical (unpaired) electrons. The van der Waals surface area contributed by atoms with Crippen molar-refractivity contribution in [1.82, 2.24) is 0 Å². The average molecular weight is 335 g/mol. The van der Waals surface area contributed by atoms with E-state index in [4.69, 9.17) is 23.2 Å². The number of fused-ring (bicyclic) bond motifs is 1. The van der Waals surface area contributed by atoms with E-state index in [0.717, 1.165) is 5.56 Å². The van der Waals surface area contributed by atoms with Crippen LogP contribution in [0.1, 0.15) is 11.1 Å². The summed E-state index contributed by atoms with van der Waals surface area (Å²) >= 11 is 12.0. The van der Waals surface area contributed by atoms with Crippen LogP contribution >= 0.6 is 23.2 Å². The van der Waals surface area contributed by atoms with E-state index in [1.165, 1.54) is 4.90 Å². The largest absolute Gasteiger partial charge is 0.364 e. The Morgan fingerprint density at radius 3 is 2.41 bits per heavy atom. The number of rotatable bonds is 1. The Morgan fingerprint density at radius 1 is 1.09 bits per heavy atom. The standard InChI is InChI=1S/C16H12Cl2N2O2/c1-20-13-7-6-11(18)8-12(13)14(19-15(21)16(20)22)9-2-4-10(17)5-3-9/h2-8,15,21H,1H3.